The van der Waals surface area contributed by atoms with Crippen LogP contribution in [0.3, 0.4) is 0 Å². The maximum atomic E-state index is 12.3. The van der Waals surface area contributed by atoms with Crippen LogP contribution in [0.25, 0.3) is 22.3 Å². The molecule has 136 valence electrons. The van der Waals surface area contributed by atoms with Crippen molar-refractivity contribution in [3.8, 4) is 11.4 Å². The molecule has 0 spiro atoms. The van der Waals surface area contributed by atoms with Gasteiger partial charge >= 0.3 is 0 Å². The number of rotatable bonds is 4. The molecule has 0 saturated heterocycles. The molecule has 0 amide bonds. The number of nitrogens with zero attached hydrogens (tertiary/aromatic N) is 4. The summed E-state index contributed by atoms with van der Waals surface area (Å²) < 4.78 is 1.95. The third kappa shape index (κ3) is 3.48. The minimum absolute atomic E-state index is 0.198. The van der Waals surface area contributed by atoms with E-state index in [4.69, 9.17) is 11.6 Å². The van der Waals surface area contributed by atoms with Gasteiger partial charge in [0.15, 0.2) is 11.0 Å². The molecule has 0 fully saturated rings. The van der Waals surface area contributed by atoms with Crippen LogP contribution in [0.1, 0.15) is 11.4 Å². The van der Waals surface area contributed by atoms with E-state index in [2.05, 4.69) is 20.2 Å². The second kappa shape index (κ2) is 7.17. The maximum Gasteiger partial charge on any atom is 0.258 e. The monoisotopic (exact) mass is 397 g/mol. The van der Waals surface area contributed by atoms with E-state index < -0.39 is 0 Å². The topological polar surface area (TPSA) is 76.5 Å². The molecule has 0 aliphatic heterocycles. The SMILES string of the molecule is Cc1ccccc1-c1nnc(SCc2nc3ccc(Cl)cc3c(=O)[nH]2)n1C. The maximum absolute atomic E-state index is 12.3. The van der Waals surface area contributed by atoms with Gasteiger partial charge in [0, 0.05) is 17.6 Å². The highest BCUT2D eigenvalue weighted by Gasteiger charge is 2.14. The Morgan fingerprint density at radius 1 is 1.19 bits per heavy atom. The molecule has 4 rings (SSSR count). The van der Waals surface area contributed by atoms with Gasteiger partial charge in [0.05, 0.1) is 16.7 Å². The number of nitrogens with one attached hydrogen (secondary N) is 1. The van der Waals surface area contributed by atoms with E-state index in [1.165, 1.54) is 11.8 Å². The lowest BCUT2D eigenvalue weighted by Gasteiger charge is -2.06. The van der Waals surface area contributed by atoms with Gasteiger partial charge in [0.25, 0.3) is 5.56 Å². The fourth-order valence-electron chi connectivity index (χ4n) is 2.86. The highest BCUT2D eigenvalue weighted by molar-refractivity contribution is 7.98. The Kier molecular flexibility index (Phi) is 4.72. The van der Waals surface area contributed by atoms with Crippen molar-refractivity contribution >= 4 is 34.3 Å². The predicted octanol–water partition coefficient (Wildman–Crippen LogP) is 3.97. The lowest BCUT2D eigenvalue weighted by molar-refractivity contribution is 0.792. The standard InChI is InChI=1S/C19H16ClN5OS/c1-11-5-3-4-6-13(11)17-23-24-19(25(17)2)27-10-16-21-15-8-7-12(20)9-14(15)18(26)22-16/h3-9H,10H2,1-2H3,(H,21,22,26). The summed E-state index contributed by atoms with van der Waals surface area (Å²) in [5.41, 5.74) is 2.62. The summed E-state index contributed by atoms with van der Waals surface area (Å²) in [6, 6.07) is 13.2. The van der Waals surface area contributed by atoms with E-state index in [0.29, 0.717) is 27.5 Å². The minimum Gasteiger partial charge on any atom is -0.309 e. The zero-order valence-electron chi connectivity index (χ0n) is 14.7. The van der Waals surface area contributed by atoms with Gasteiger partial charge in [-0.2, -0.15) is 0 Å². The zero-order chi connectivity index (χ0) is 19.0. The molecule has 6 nitrogen and oxygen atoms in total. The molecule has 2 aromatic carbocycles. The minimum atomic E-state index is -0.198. The third-order valence-electron chi connectivity index (χ3n) is 4.28. The molecule has 27 heavy (non-hydrogen) atoms. The Labute approximate surface area is 164 Å². The van der Waals surface area contributed by atoms with Crippen LogP contribution >= 0.6 is 23.4 Å². The first-order chi connectivity index (χ1) is 13.0. The predicted molar refractivity (Wildman–Crippen MR) is 108 cm³/mol. The molecule has 0 bridgehead atoms. The van der Waals surface area contributed by atoms with Gasteiger partial charge in [-0.15, -0.1) is 10.2 Å². The second-order valence-electron chi connectivity index (χ2n) is 6.14. The van der Waals surface area contributed by atoms with Crippen molar-refractivity contribution in [3.63, 3.8) is 0 Å². The Morgan fingerprint density at radius 3 is 2.81 bits per heavy atom. The van der Waals surface area contributed by atoms with E-state index in [9.17, 15) is 4.79 Å². The zero-order valence-corrected chi connectivity index (χ0v) is 16.3. The average Bonchev–Trinajstić information content (AvgIpc) is 3.01. The van der Waals surface area contributed by atoms with E-state index in [0.717, 1.165) is 22.1 Å². The van der Waals surface area contributed by atoms with Crippen molar-refractivity contribution in [2.24, 2.45) is 7.05 Å². The number of hydrogen-bond acceptors (Lipinski definition) is 5. The molecule has 0 aliphatic rings. The first kappa shape index (κ1) is 17.8. The van der Waals surface area contributed by atoms with Gasteiger partial charge < -0.3 is 9.55 Å². The second-order valence-corrected chi connectivity index (χ2v) is 7.52. The van der Waals surface area contributed by atoms with Crippen LogP contribution in [0.5, 0.6) is 0 Å². The summed E-state index contributed by atoms with van der Waals surface area (Å²) in [5, 5.41) is 10.4. The number of aromatic amines is 1. The molecule has 4 aromatic rings. The number of hydrogen-bond donors (Lipinski definition) is 1. The van der Waals surface area contributed by atoms with E-state index in [-0.39, 0.29) is 5.56 Å². The molecule has 2 aromatic heterocycles. The van der Waals surface area contributed by atoms with Crippen LogP contribution < -0.4 is 5.56 Å². The smallest absolute Gasteiger partial charge is 0.258 e. The summed E-state index contributed by atoms with van der Waals surface area (Å²) >= 11 is 7.42. The van der Waals surface area contributed by atoms with E-state index >= 15 is 0 Å². The summed E-state index contributed by atoms with van der Waals surface area (Å²) in [5.74, 6) is 1.87. The quantitative estimate of drug-likeness (QED) is 0.527. The number of halogens is 1. The Hall–Kier alpha value is -2.64. The first-order valence-corrected chi connectivity index (χ1v) is 9.66. The number of thioether (sulfide) groups is 1. The van der Waals surface area contributed by atoms with Gasteiger partial charge in [0.1, 0.15) is 5.82 Å². The normalized spacial score (nSPS) is 11.2. The number of H-pyrrole nitrogens is 1. The van der Waals surface area contributed by atoms with E-state index in [1.54, 1.807) is 18.2 Å². The van der Waals surface area contributed by atoms with Crippen LogP contribution in [-0.4, -0.2) is 24.7 Å². The molecule has 2 heterocycles. The van der Waals surface area contributed by atoms with Crippen molar-refractivity contribution in [1.82, 2.24) is 24.7 Å². The Bertz CT molecular complexity index is 1200. The number of aromatic nitrogens is 5. The molecular weight excluding hydrogens is 382 g/mol. The van der Waals surface area contributed by atoms with Crippen LogP contribution in [0, 0.1) is 6.92 Å². The number of benzene rings is 2. The largest absolute Gasteiger partial charge is 0.309 e. The average molecular weight is 398 g/mol. The van der Waals surface area contributed by atoms with Crippen molar-refractivity contribution < 1.29 is 0 Å². The van der Waals surface area contributed by atoms with Crippen molar-refractivity contribution in [1.29, 1.82) is 0 Å². The van der Waals surface area contributed by atoms with Crippen LogP contribution in [0.2, 0.25) is 5.02 Å². The molecule has 0 saturated carbocycles. The summed E-state index contributed by atoms with van der Waals surface area (Å²) in [4.78, 5) is 19.6. The van der Waals surface area contributed by atoms with Gasteiger partial charge in [0.2, 0.25) is 0 Å². The molecule has 0 atom stereocenters. The molecule has 8 heteroatoms. The molecule has 0 aliphatic carbocycles. The number of fused-ring (bicyclic) bond motifs is 1. The van der Waals surface area contributed by atoms with Gasteiger partial charge in [-0.25, -0.2) is 4.98 Å². The van der Waals surface area contributed by atoms with Gasteiger partial charge in [-0.05, 0) is 30.7 Å². The molecule has 0 unspecified atom stereocenters. The highest BCUT2D eigenvalue weighted by Crippen LogP contribution is 2.26. The first-order valence-electron chi connectivity index (χ1n) is 8.29. The molecular formula is C19H16ClN5OS. The van der Waals surface area contributed by atoms with Crippen LogP contribution in [0.4, 0.5) is 0 Å². The number of aryl methyl sites for hydroxylation is 1. The van der Waals surface area contributed by atoms with Crippen molar-refractivity contribution in [2.75, 3.05) is 0 Å². The lowest BCUT2D eigenvalue weighted by Crippen LogP contribution is -2.11. The third-order valence-corrected chi connectivity index (χ3v) is 5.54. The Morgan fingerprint density at radius 2 is 2.00 bits per heavy atom. The molecule has 1 N–H and O–H groups in total. The lowest BCUT2D eigenvalue weighted by atomic mass is 10.1. The van der Waals surface area contributed by atoms with Crippen molar-refractivity contribution in [2.45, 2.75) is 17.8 Å². The van der Waals surface area contributed by atoms with E-state index in [1.807, 2.05) is 42.8 Å². The molecule has 0 radical (unpaired) electrons. The Balaban J connectivity index is 1.60. The van der Waals surface area contributed by atoms with Crippen LogP contribution in [-0.2, 0) is 12.8 Å². The fraction of sp³-hybridized carbons (Fsp3) is 0.158. The summed E-state index contributed by atoms with van der Waals surface area (Å²) in [7, 11) is 1.93. The summed E-state index contributed by atoms with van der Waals surface area (Å²) in [6.45, 7) is 2.05. The van der Waals surface area contributed by atoms with Gasteiger partial charge in [-0.3, -0.25) is 4.79 Å². The summed E-state index contributed by atoms with van der Waals surface area (Å²) in [6.07, 6.45) is 0. The fourth-order valence-corrected chi connectivity index (χ4v) is 3.81. The van der Waals surface area contributed by atoms with Crippen molar-refractivity contribution in [3.05, 3.63) is 69.2 Å². The van der Waals surface area contributed by atoms with Gasteiger partial charge in [-0.1, -0.05) is 47.6 Å². The van der Waals surface area contributed by atoms with Crippen LogP contribution in [0.15, 0.2) is 52.4 Å². The highest BCUT2D eigenvalue weighted by atomic mass is 35.5.